The predicted molar refractivity (Wildman–Crippen MR) is 69.4 cm³/mol. The molecule has 0 aliphatic carbocycles. The first-order valence-corrected chi connectivity index (χ1v) is 6.92. The Labute approximate surface area is 112 Å². The van der Waals surface area contributed by atoms with E-state index in [2.05, 4.69) is 24.0 Å². The van der Waals surface area contributed by atoms with Crippen LogP contribution >= 0.6 is 0 Å². The molecule has 4 nitrogen and oxygen atoms in total. The number of hydrogen-bond acceptors (Lipinski definition) is 4. The maximum Gasteiger partial charge on any atom is 0.231 e. The maximum atomic E-state index is 11.9. The molecular weight excluding hydrogens is 242 g/mol. The normalized spacial score (nSPS) is 29.0. The van der Waals surface area contributed by atoms with Crippen LogP contribution in [0, 0.1) is 0 Å². The summed E-state index contributed by atoms with van der Waals surface area (Å²) in [5, 5.41) is 0. The second-order valence-corrected chi connectivity index (χ2v) is 5.70. The van der Waals surface area contributed by atoms with Gasteiger partial charge in [-0.15, -0.1) is 0 Å². The van der Waals surface area contributed by atoms with E-state index in [1.807, 2.05) is 0 Å². The van der Waals surface area contributed by atoms with E-state index < -0.39 is 0 Å². The van der Waals surface area contributed by atoms with Crippen molar-refractivity contribution in [1.82, 2.24) is 4.90 Å². The van der Waals surface area contributed by atoms with Crippen LogP contribution in [0.2, 0.25) is 0 Å². The number of rotatable bonds is 0. The zero-order valence-corrected chi connectivity index (χ0v) is 11.0. The van der Waals surface area contributed by atoms with Crippen molar-refractivity contribution in [3.05, 3.63) is 23.3 Å². The van der Waals surface area contributed by atoms with Gasteiger partial charge in [0.25, 0.3) is 0 Å². The van der Waals surface area contributed by atoms with E-state index in [0.29, 0.717) is 31.5 Å². The third-order valence-electron chi connectivity index (χ3n) is 4.54. The fourth-order valence-electron chi connectivity index (χ4n) is 3.61. The molecule has 3 heterocycles. The highest BCUT2D eigenvalue weighted by molar-refractivity contribution is 5.81. The Kier molecular flexibility index (Phi) is 2.36. The van der Waals surface area contributed by atoms with Gasteiger partial charge in [-0.05, 0) is 36.6 Å². The molecule has 1 fully saturated rings. The topological polar surface area (TPSA) is 38.8 Å². The molecule has 0 saturated carbocycles. The average Bonchev–Trinajstić information content (AvgIpc) is 2.83. The summed E-state index contributed by atoms with van der Waals surface area (Å²) in [7, 11) is 0. The smallest absolute Gasteiger partial charge is 0.231 e. The zero-order valence-electron chi connectivity index (χ0n) is 11.0. The molecule has 4 rings (SSSR count). The lowest BCUT2D eigenvalue weighted by atomic mass is 9.84. The second kappa shape index (κ2) is 3.97. The summed E-state index contributed by atoms with van der Waals surface area (Å²) in [4.78, 5) is 14.4. The van der Waals surface area contributed by atoms with Crippen LogP contribution in [0.25, 0.3) is 0 Å². The summed E-state index contributed by atoms with van der Waals surface area (Å²) >= 11 is 0. The van der Waals surface area contributed by atoms with E-state index in [4.69, 9.17) is 9.47 Å². The number of ether oxygens (including phenoxy) is 2. The van der Waals surface area contributed by atoms with Gasteiger partial charge in [0, 0.05) is 31.5 Å². The third kappa shape index (κ3) is 1.66. The second-order valence-electron chi connectivity index (χ2n) is 5.70. The molecule has 1 aromatic carbocycles. The van der Waals surface area contributed by atoms with E-state index >= 15 is 0 Å². The lowest BCUT2D eigenvalue weighted by Gasteiger charge is -2.44. The molecule has 0 aromatic heterocycles. The highest BCUT2D eigenvalue weighted by Crippen LogP contribution is 2.43. The van der Waals surface area contributed by atoms with Crippen molar-refractivity contribution >= 4 is 5.78 Å². The molecular formula is C15H17NO3. The standard InChI is InChI=1S/C15H17NO3/c1-9-4-11(17)6-13-12-7-15-14(18-8-19-15)5-10(12)2-3-16(9)13/h5,7,9,13H,2-4,6,8H2,1H3/t9-,13+/m1/s1. The summed E-state index contributed by atoms with van der Waals surface area (Å²) in [6, 6.07) is 4.76. The number of nitrogens with zero attached hydrogens (tertiary/aromatic N) is 1. The predicted octanol–water partition coefficient (Wildman–Crippen LogP) is 2.07. The first-order chi connectivity index (χ1) is 9.22. The Hall–Kier alpha value is -1.55. The summed E-state index contributed by atoms with van der Waals surface area (Å²) in [5.74, 6) is 2.05. The first-order valence-electron chi connectivity index (χ1n) is 6.92. The number of hydrogen-bond donors (Lipinski definition) is 0. The molecule has 1 saturated heterocycles. The van der Waals surface area contributed by atoms with Crippen LogP contribution in [-0.2, 0) is 11.2 Å². The number of carbonyl (C=O) groups excluding carboxylic acids is 1. The van der Waals surface area contributed by atoms with Crippen LogP contribution in [0.1, 0.15) is 36.9 Å². The van der Waals surface area contributed by atoms with Crippen LogP contribution in [0.15, 0.2) is 12.1 Å². The van der Waals surface area contributed by atoms with Crippen molar-refractivity contribution in [1.29, 1.82) is 0 Å². The Balaban J connectivity index is 1.79. The molecule has 0 unspecified atom stereocenters. The average molecular weight is 259 g/mol. The number of fused-ring (bicyclic) bond motifs is 4. The molecule has 0 spiro atoms. The van der Waals surface area contributed by atoms with Crippen LogP contribution in [-0.4, -0.2) is 30.1 Å². The zero-order chi connectivity index (χ0) is 13.0. The molecule has 0 amide bonds. The highest BCUT2D eigenvalue weighted by Gasteiger charge is 2.37. The number of carbonyl (C=O) groups is 1. The summed E-state index contributed by atoms with van der Waals surface area (Å²) in [6.07, 6.45) is 2.36. The van der Waals surface area contributed by atoms with Gasteiger partial charge in [-0.3, -0.25) is 9.69 Å². The van der Waals surface area contributed by atoms with E-state index in [-0.39, 0.29) is 6.04 Å². The monoisotopic (exact) mass is 259 g/mol. The number of Topliss-reactive ketones (excluding diaryl/α,β-unsaturated/α-hetero) is 1. The summed E-state index contributed by atoms with van der Waals surface area (Å²) in [6.45, 7) is 3.50. The van der Waals surface area contributed by atoms with Crippen LogP contribution in [0.5, 0.6) is 11.5 Å². The summed E-state index contributed by atoms with van der Waals surface area (Å²) < 4.78 is 10.9. The Morgan fingerprint density at radius 3 is 2.84 bits per heavy atom. The lowest BCUT2D eigenvalue weighted by molar-refractivity contribution is -0.125. The SMILES string of the molecule is C[C@@H]1CC(=O)C[C@H]2c3cc4c(cc3CCN12)OCO4. The Morgan fingerprint density at radius 2 is 2.00 bits per heavy atom. The van der Waals surface area contributed by atoms with Gasteiger partial charge in [0.05, 0.1) is 0 Å². The molecule has 0 radical (unpaired) electrons. The fraction of sp³-hybridized carbons (Fsp3) is 0.533. The van der Waals surface area contributed by atoms with Crippen molar-refractivity contribution in [2.24, 2.45) is 0 Å². The molecule has 1 aromatic rings. The molecule has 0 bridgehead atoms. The van der Waals surface area contributed by atoms with Crippen molar-refractivity contribution < 1.29 is 14.3 Å². The number of benzene rings is 1. The van der Waals surface area contributed by atoms with Crippen molar-refractivity contribution in [2.75, 3.05) is 13.3 Å². The van der Waals surface area contributed by atoms with Gasteiger partial charge in [0.2, 0.25) is 6.79 Å². The molecule has 19 heavy (non-hydrogen) atoms. The Bertz CT molecular complexity index is 555. The minimum absolute atomic E-state index is 0.231. The molecule has 3 aliphatic heterocycles. The van der Waals surface area contributed by atoms with Crippen LogP contribution in [0.3, 0.4) is 0 Å². The van der Waals surface area contributed by atoms with Crippen molar-refractivity contribution in [3.63, 3.8) is 0 Å². The van der Waals surface area contributed by atoms with E-state index in [1.54, 1.807) is 0 Å². The molecule has 100 valence electrons. The van der Waals surface area contributed by atoms with Gasteiger partial charge in [-0.1, -0.05) is 0 Å². The molecule has 3 aliphatic rings. The van der Waals surface area contributed by atoms with Gasteiger partial charge in [0.1, 0.15) is 5.78 Å². The van der Waals surface area contributed by atoms with E-state index in [0.717, 1.165) is 24.5 Å². The lowest BCUT2D eigenvalue weighted by Crippen LogP contribution is -2.46. The molecule has 2 atom stereocenters. The van der Waals surface area contributed by atoms with Crippen molar-refractivity contribution in [3.8, 4) is 11.5 Å². The molecule has 4 heteroatoms. The van der Waals surface area contributed by atoms with E-state index in [9.17, 15) is 4.79 Å². The third-order valence-corrected chi connectivity index (χ3v) is 4.54. The van der Waals surface area contributed by atoms with Gasteiger partial charge in [-0.2, -0.15) is 0 Å². The quantitative estimate of drug-likeness (QED) is 0.715. The van der Waals surface area contributed by atoms with Gasteiger partial charge < -0.3 is 9.47 Å². The van der Waals surface area contributed by atoms with Gasteiger partial charge in [0.15, 0.2) is 11.5 Å². The largest absolute Gasteiger partial charge is 0.454 e. The maximum absolute atomic E-state index is 11.9. The minimum atomic E-state index is 0.231. The van der Waals surface area contributed by atoms with E-state index in [1.165, 1.54) is 11.1 Å². The number of ketones is 1. The van der Waals surface area contributed by atoms with Crippen LogP contribution in [0.4, 0.5) is 0 Å². The fourth-order valence-corrected chi connectivity index (χ4v) is 3.61. The van der Waals surface area contributed by atoms with Gasteiger partial charge >= 0.3 is 0 Å². The molecule has 0 N–H and O–H groups in total. The van der Waals surface area contributed by atoms with Crippen LogP contribution < -0.4 is 9.47 Å². The number of piperidine rings is 1. The first kappa shape index (κ1) is 11.3. The Morgan fingerprint density at radius 1 is 1.21 bits per heavy atom. The van der Waals surface area contributed by atoms with Crippen molar-refractivity contribution in [2.45, 2.75) is 38.3 Å². The minimum Gasteiger partial charge on any atom is -0.454 e. The van der Waals surface area contributed by atoms with Gasteiger partial charge in [-0.25, -0.2) is 0 Å². The highest BCUT2D eigenvalue weighted by atomic mass is 16.7. The summed E-state index contributed by atoms with van der Waals surface area (Å²) in [5.41, 5.74) is 2.57.